The third kappa shape index (κ3) is 3.31. The fourth-order valence-corrected chi connectivity index (χ4v) is 1.39. The van der Waals surface area contributed by atoms with Crippen molar-refractivity contribution in [3.8, 4) is 5.75 Å². The van der Waals surface area contributed by atoms with E-state index < -0.39 is 0 Å². The zero-order valence-electron chi connectivity index (χ0n) is 8.46. The number of hydrogen-bond donors (Lipinski definition) is 1. The van der Waals surface area contributed by atoms with E-state index in [0.29, 0.717) is 13.0 Å². The molecule has 0 saturated carbocycles. The van der Waals surface area contributed by atoms with Crippen LogP contribution < -0.4 is 4.74 Å². The Bertz CT molecular complexity index is 299. The third-order valence-corrected chi connectivity index (χ3v) is 2.64. The van der Waals surface area contributed by atoms with E-state index in [9.17, 15) is 5.11 Å². The topological polar surface area (TPSA) is 29.5 Å². The first-order valence-corrected chi connectivity index (χ1v) is 5.49. The molecule has 0 bridgehead atoms. The molecule has 2 nitrogen and oxygen atoms in total. The van der Waals surface area contributed by atoms with Crippen molar-refractivity contribution < 1.29 is 9.84 Å². The lowest BCUT2D eigenvalue weighted by molar-refractivity contribution is 0.104. The van der Waals surface area contributed by atoms with Crippen molar-refractivity contribution in [3.05, 3.63) is 28.2 Å². The van der Waals surface area contributed by atoms with Crippen LogP contribution in [0.25, 0.3) is 0 Å². The number of aliphatic hydroxyl groups is 1. The molecule has 1 atom stereocenters. The number of aliphatic hydroxyl groups excluding tert-OH is 1. The summed E-state index contributed by atoms with van der Waals surface area (Å²) in [5, 5.41) is 9.34. The van der Waals surface area contributed by atoms with Crippen molar-refractivity contribution in [2.24, 2.45) is 0 Å². The van der Waals surface area contributed by atoms with E-state index in [1.54, 1.807) is 0 Å². The van der Waals surface area contributed by atoms with E-state index in [1.807, 2.05) is 32.0 Å². The van der Waals surface area contributed by atoms with Crippen molar-refractivity contribution in [2.75, 3.05) is 6.61 Å². The number of benzene rings is 1. The fraction of sp³-hybridized carbons (Fsp3) is 0.455. The van der Waals surface area contributed by atoms with Gasteiger partial charge in [0.05, 0.1) is 10.6 Å². The van der Waals surface area contributed by atoms with Gasteiger partial charge in [0.1, 0.15) is 12.4 Å². The highest BCUT2D eigenvalue weighted by Gasteiger charge is 2.04. The largest absolute Gasteiger partial charge is 0.490 e. The molecule has 1 aromatic carbocycles. The summed E-state index contributed by atoms with van der Waals surface area (Å²) in [4.78, 5) is 0. The Morgan fingerprint density at radius 3 is 2.86 bits per heavy atom. The second-order valence-electron chi connectivity index (χ2n) is 3.31. The first-order valence-electron chi connectivity index (χ1n) is 4.70. The molecular formula is C11H15BrO2. The summed E-state index contributed by atoms with van der Waals surface area (Å²) in [6.45, 7) is 4.29. The van der Waals surface area contributed by atoms with Crippen molar-refractivity contribution in [2.45, 2.75) is 26.4 Å². The summed E-state index contributed by atoms with van der Waals surface area (Å²) in [5.41, 5.74) is 1.15. The molecule has 1 aromatic rings. The predicted octanol–water partition coefficient (Wildman–Crippen LogP) is 2.91. The molecule has 0 radical (unpaired) electrons. The van der Waals surface area contributed by atoms with E-state index in [1.165, 1.54) is 0 Å². The zero-order valence-corrected chi connectivity index (χ0v) is 10.0. The van der Waals surface area contributed by atoms with Crippen LogP contribution >= 0.6 is 15.9 Å². The van der Waals surface area contributed by atoms with Crippen LogP contribution in [0, 0.1) is 6.92 Å². The molecule has 0 aliphatic rings. The average Bonchev–Trinajstić information content (AvgIpc) is 2.19. The Morgan fingerprint density at radius 2 is 2.21 bits per heavy atom. The van der Waals surface area contributed by atoms with Crippen LogP contribution in [0.5, 0.6) is 5.75 Å². The minimum absolute atomic E-state index is 0.346. The first kappa shape index (κ1) is 11.5. The molecule has 0 saturated heterocycles. The quantitative estimate of drug-likeness (QED) is 0.900. The van der Waals surface area contributed by atoms with Gasteiger partial charge in [-0.25, -0.2) is 0 Å². The van der Waals surface area contributed by atoms with Gasteiger partial charge in [-0.1, -0.05) is 13.0 Å². The molecule has 0 aliphatic carbocycles. The van der Waals surface area contributed by atoms with Gasteiger partial charge in [0.25, 0.3) is 0 Å². The maximum Gasteiger partial charge on any atom is 0.133 e. The number of hydrogen-bond acceptors (Lipinski definition) is 2. The highest BCUT2D eigenvalue weighted by molar-refractivity contribution is 9.10. The predicted molar refractivity (Wildman–Crippen MR) is 60.7 cm³/mol. The fourth-order valence-electron chi connectivity index (χ4n) is 1.03. The average molecular weight is 259 g/mol. The molecule has 0 heterocycles. The van der Waals surface area contributed by atoms with E-state index in [-0.39, 0.29) is 6.10 Å². The molecule has 0 spiro atoms. The summed E-state index contributed by atoms with van der Waals surface area (Å²) in [6.07, 6.45) is 0.325. The Labute approximate surface area is 93.0 Å². The molecule has 14 heavy (non-hydrogen) atoms. The summed E-state index contributed by atoms with van der Waals surface area (Å²) in [7, 11) is 0. The van der Waals surface area contributed by atoms with Crippen LogP contribution in [0.1, 0.15) is 18.9 Å². The molecule has 0 fully saturated rings. The van der Waals surface area contributed by atoms with Gasteiger partial charge in [-0.2, -0.15) is 0 Å². The lowest BCUT2D eigenvalue weighted by Gasteiger charge is -2.11. The van der Waals surface area contributed by atoms with Gasteiger partial charge in [0.15, 0.2) is 0 Å². The second-order valence-corrected chi connectivity index (χ2v) is 4.16. The van der Waals surface area contributed by atoms with Crippen molar-refractivity contribution in [1.29, 1.82) is 0 Å². The number of halogens is 1. The van der Waals surface area contributed by atoms with Crippen LogP contribution in [0.2, 0.25) is 0 Å². The lowest BCUT2D eigenvalue weighted by atomic mass is 10.2. The van der Waals surface area contributed by atoms with Crippen molar-refractivity contribution >= 4 is 15.9 Å². The molecule has 1 N–H and O–H groups in total. The van der Waals surface area contributed by atoms with Gasteiger partial charge in [0, 0.05) is 0 Å². The van der Waals surface area contributed by atoms with Crippen molar-refractivity contribution in [1.82, 2.24) is 0 Å². The molecule has 0 aromatic heterocycles. The maximum atomic E-state index is 9.34. The lowest BCUT2D eigenvalue weighted by Crippen LogP contribution is -2.16. The van der Waals surface area contributed by atoms with Gasteiger partial charge < -0.3 is 9.84 Å². The molecule has 78 valence electrons. The van der Waals surface area contributed by atoms with E-state index >= 15 is 0 Å². The van der Waals surface area contributed by atoms with E-state index in [4.69, 9.17) is 4.74 Å². The van der Waals surface area contributed by atoms with Gasteiger partial charge in [0.2, 0.25) is 0 Å². The molecule has 0 amide bonds. The van der Waals surface area contributed by atoms with Gasteiger partial charge in [-0.05, 0) is 47.0 Å². The Balaban J connectivity index is 2.62. The summed E-state index contributed by atoms with van der Waals surface area (Å²) < 4.78 is 6.40. The maximum absolute atomic E-state index is 9.34. The minimum Gasteiger partial charge on any atom is -0.490 e. The number of ether oxygens (including phenoxy) is 1. The molecule has 3 heteroatoms. The zero-order chi connectivity index (χ0) is 10.6. The first-order chi connectivity index (χ1) is 6.63. The molecule has 0 aliphatic heterocycles. The van der Waals surface area contributed by atoms with Gasteiger partial charge in [-0.3, -0.25) is 0 Å². The normalized spacial score (nSPS) is 12.6. The van der Waals surface area contributed by atoms with E-state index in [0.717, 1.165) is 15.8 Å². The van der Waals surface area contributed by atoms with Crippen LogP contribution in [0.4, 0.5) is 0 Å². The Kier molecular flexibility index (Phi) is 4.42. The Hall–Kier alpha value is -0.540. The smallest absolute Gasteiger partial charge is 0.133 e. The highest BCUT2D eigenvalue weighted by Crippen LogP contribution is 2.25. The minimum atomic E-state index is -0.387. The summed E-state index contributed by atoms with van der Waals surface area (Å²) in [6, 6.07) is 5.91. The molecule has 1 rings (SSSR count). The monoisotopic (exact) mass is 258 g/mol. The SMILES string of the molecule is CCC(O)COc1cc(C)ccc1Br. The molecular weight excluding hydrogens is 244 g/mol. The standard InChI is InChI=1S/C11H15BrO2/c1-3-9(13)7-14-11-6-8(2)4-5-10(11)12/h4-6,9,13H,3,7H2,1-2H3. The highest BCUT2D eigenvalue weighted by atomic mass is 79.9. The van der Waals surface area contributed by atoms with Crippen LogP contribution in [-0.4, -0.2) is 17.8 Å². The third-order valence-electron chi connectivity index (χ3n) is 1.99. The van der Waals surface area contributed by atoms with Gasteiger partial charge in [-0.15, -0.1) is 0 Å². The van der Waals surface area contributed by atoms with Crippen LogP contribution in [-0.2, 0) is 0 Å². The molecule has 1 unspecified atom stereocenters. The van der Waals surface area contributed by atoms with Gasteiger partial charge >= 0.3 is 0 Å². The number of rotatable bonds is 4. The second kappa shape index (κ2) is 5.37. The number of aryl methyl sites for hydroxylation is 1. The van der Waals surface area contributed by atoms with Crippen molar-refractivity contribution in [3.63, 3.8) is 0 Å². The van der Waals surface area contributed by atoms with Crippen LogP contribution in [0.15, 0.2) is 22.7 Å². The van der Waals surface area contributed by atoms with Crippen LogP contribution in [0.3, 0.4) is 0 Å². The Morgan fingerprint density at radius 1 is 1.50 bits per heavy atom. The van der Waals surface area contributed by atoms with E-state index in [2.05, 4.69) is 15.9 Å². The summed E-state index contributed by atoms with van der Waals surface area (Å²) >= 11 is 3.40. The summed E-state index contributed by atoms with van der Waals surface area (Å²) in [5.74, 6) is 0.789.